The Morgan fingerprint density at radius 3 is 2.47 bits per heavy atom. The van der Waals surface area contributed by atoms with Crippen LogP contribution in [0.25, 0.3) is 0 Å². The zero-order valence-electron chi connectivity index (χ0n) is 16.8. The second kappa shape index (κ2) is 8.49. The van der Waals surface area contributed by atoms with Gasteiger partial charge in [0.25, 0.3) is 15.9 Å². The molecule has 0 radical (unpaired) electrons. The second-order valence-electron chi connectivity index (χ2n) is 7.88. The summed E-state index contributed by atoms with van der Waals surface area (Å²) in [6.45, 7) is 2.52. The molecule has 0 unspecified atom stereocenters. The zero-order chi connectivity index (χ0) is 21.3. The fraction of sp³-hybridized carbons (Fsp3) is 0.429. The molecule has 2 aliphatic rings. The highest BCUT2D eigenvalue weighted by Crippen LogP contribution is 2.28. The van der Waals surface area contributed by atoms with E-state index >= 15 is 0 Å². The molecule has 1 aliphatic carbocycles. The second-order valence-corrected chi connectivity index (χ2v) is 11.0. The Morgan fingerprint density at radius 1 is 1.10 bits per heavy atom. The standard InChI is InChI=1S/C21H25N3O4S2/c1-14-4-5-16(21(26)22-17-6-7-17)13-18(14)23-20(25)15-8-10-24(11-9-15)30(27,28)19-3-2-12-29-19/h2-5,12-13,15,17H,6-11H2,1H3,(H,22,26)(H,23,25). The average Bonchev–Trinajstić information content (AvgIpc) is 3.36. The third-order valence-electron chi connectivity index (χ3n) is 5.58. The summed E-state index contributed by atoms with van der Waals surface area (Å²) in [4.78, 5) is 25.1. The Labute approximate surface area is 180 Å². The predicted octanol–water partition coefficient (Wildman–Crippen LogP) is 2.99. The van der Waals surface area contributed by atoms with Crippen molar-refractivity contribution in [1.82, 2.24) is 9.62 Å². The first kappa shape index (κ1) is 21.0. The summed E-state index contributed by atoms with van der Waals surface area (Å²) < 4.78 is 27.1. The number of hydrogen-bond acceptors (Lipinski definition) is 5. The number of aryl methyl sites for hydroxylation is 1. The Bertz CT molecular complexity index is 1040. The summed E-state index contributed by atoms with van der Waals surface area (Å²) in [5, 5.41) is 7.64. The number of sulfonamides is 1. The monoisotopic (exact) mass is 447 g/mol. The molecule has 2 heterocycles. The van der Waals surface area contributed by atoms with Crippen molar-refractivity contribution in [3.63, 3.8) is 0 Å². The van der Waals surface area contributed by atoms with E-state index in [0.717, 1.165) is 18.4 Å². The number of piperidine rings is 1. The number of hydrogen-bond donors (Lipinski definition) is 2. The zero-order valence-corrected chi connectivity index (χ0v) is 18.4. The minimum Gasteiger partial charge on any atom is -0.349 e. The van der Waals surface area contributed by atoms with Gasteiger partial charge in [0, 0.05) is 36.3 Å². The van der Waals surface area contributed by atoms with Crippen LogP contribution in [0.5, 0.6) is 0 Å². The van der Waals surface area contributed by atoms with E-state index in [2.05, 4.69) is 10.6 Å². The van der Waals surface area contributed by atoms with Gasteiger partial charge in [0.1, 0.15) is 4.21 Å². The molecule has 30 heavy (non-hydrogen) atoms. The van der Waals surface area contributed by atoms with Gasteiger partial charge in [-0.15, -0.1) is 11.3 Å². The van der Waals surface area contributed by atoms with Gasteiger partial charge in [0.15, 0.2) is 0 Å². The third kappa shape index (κ3) is 4.58. The highest BCUT2D eigenvalue weighted by atomic mass is 32.2. The van der Waals surface area contributed by atoms with Crippen LogP contribution in [0.15, 0.2) is 39.9 Å². The number of nitrogens with one attached hydrogen (secondary N) is 2. The number of anilines is 1. The van der Waals surface area contributed by atoms with Gasteiger partial charge < -0.3 is 10.6 Å². The molecule has 1 aliphatic heterocycles. The molecule has 1 aromatic heterocycles. The van der Waals surface area contributed by atoms with Crippen LogP contribution in [0, 0.1) is 12.8 Å². The van der Waals surface area contributed by atoms with Gasteiger partial charge >= 0.3 is 0 Å². The molecule has 4 rings (SSSR count). The van der Waals surface area contributed by atoms with Gasteiger partial charge in [-0.3, -0.25) is 9.59 Å². The molecule has 160 valence electrons. The Hall–Kier alpha value is -2.23. The Morgan fingerprint density at radius 2 is 1.83 bits per heavy atom. The first-order valence-corrected chi connectivity index (χ1v) is 12.4. The lowest BCUT2D eigenvalue weighted by Gasteiger charge is -2.30. The predicted molar refractivity (Wildman–Crippen MR) is 116 cm³/mol. The number of nitrogens with zero attached hydrogens (tertiary/aromatic N) is 1. The van der Waals surface area contributed by atoms with Gasteiger partial charge in [-0.2, -0.15) is 4.31 Å². The summed E-state index contributed by atoms with van der Waals surface area (Å²) in [5.41, 5.74) is 2.03. The highest BCUT2D eigenvalue weighted by molar-refractivity contribution is 7.91. The number of thiophene rings is 1. The molecule has 0 atom stereocenters. The van der Waals surface area contributed by atoms with E-state index in [1.165, 1.54) is 15.6 Å². The fourth-order valence-corrected chi connectivity index (χ4v) is 6.14. The Balaban J connectivity index is 1.37. The normalized spacial score (nSPS) is 18.2. The topological polar surface area (TPSA) is 95.6 Å². The fourth-order valence-electron chi connectivity index (χ4n) is 3.52. The lowest BCUT2D eigenvalue weighted by Crippen LogP contribution is -2.41. The molecule has 2 N–H and O–H groups in total. The molecule has 1 aromatic carbocycles. The van der Waals surface area contributed by atoms with Crippen LogP contribution in [0.3, 0.4) is 0 Å². The smallest absolute Gasteiger partial charge is 0.252 e. The number of carbonyl (C=O) groups excluding carboxylic acids is 2. The Kier molecular flexibility index (Phi) is 5.95. The van der Waals surface area contributed by atoms with Crippen molar-refractivity contribution in [3.05, 3.63) is 46.8 Å². The number of benzene rings is 1. The van der Waals surface area contributed by atoms with E-state index in [1.807, 2.05) is 13.0 Å². The minimum absolute atomic E-state index is 0.125. The molecule has 0 bridgehead atoms. The minimum atomic E-state index is -3.48. The van der Waals surface area contributed by atoms with E-state index in [0.29, 0.717) is 41.4 Å². The van der Waals surface area contributed by atoms with Crippen molar-refractivity contribution in [2.45, 2.75) is 42.9 Å². The number of rotatable bonds is 6. The van der Waals surface area contributed by atoms with Crippen LogP contribution < -0.4 is 10.6 Å². The van der Waals surface area contributed by atoms with E-state index in [9.17, 15) is 18.0 Å². The van der Waals surface area contributed by atoms with Crippen molar-refractivity contribution in [3.8, 4) is 0 Å². The average molecular weight is 448 g/mol. The summed E-state index contributed by atoms with van der Waals surface area (Å²) >= 11 is 1.20. The maximum absolute atomic E-state index is 12.8. The number of carbonyl (C=O) groups is 2. The van der Waals surface area contributed by atoms with E-state index in [4.69, 9.17) is 0 Å². The molecule has 2 amide bonds. The first-order chi connectivity index (χ1) is 14.3. The maximum Gasteiger partial charge on any atom is 0.252 e. The molecule has 2 fully saturated rings. The number of amides is 2. The van der Waals surface area contributed by atoms with Gasteiger partial charge in [0.2, 0.25) is 5.91 Å². The lowest BCUT2D eigenvalue weighted by molar-refractivity contribution is -0.120. The van der Waals surface area contributed by atoms with Crippen LogP contribution in [0.1, 0.15) is 41.6 Å². The van der Waals surface area contributed by atoms with Crippen molar-refractivity contribution < 1.29 is 18.0 Å². The van der Waals surface area contributed by atoms with Crippen molar-refractivity contribution in [1.29, 1.82) is 0 Å². The van der Waals surface area contributed by atoms with E-state index in [-0.39, 0.29) is 23.8 Å². The van der Waals surface area contributed by atoms with Crippen LogP contribution in [-0.4, -0.2) is 43.7 Å². The van der Waals surface area contributed by atoms with Crippen LogP contribution in [-0.2, 0) is 14.8 Å². The quantitative estimate of drug-likeness (QED) is 0.712. The molecule has 1 saturated carbocycles. The summed E-state index contributed by atoms with van der Waals surface area (Å²) in [6, 6.07) is 8.89. The largest absolute Gasteiger partial charge is 0.349 e. The van der Waals surface area contributed by atoms with Crippen molar-refractivity contribution >= 4 is 38.9 Å². The molecule has 7 nitrogen and oxygen atoms in total. The SMILES string of the molecule is Cc1ccc(C(=O)NC2CC2)cc1NC(=O)C1CCN(S(=O)(=O)c2cccs2)CC1. The van der Waals surface area contributed by atoms with Gasteiger partial charge in [-0.05, 0) is 61.7 Å². The van der Waals surface area contributed by atoms with Crippen LogP contribution in [0.4, 0.5) is 5.69 Å². The molecule has 2 aromatic rings. The molecular formula is C21H25N3O4S2. The summed E-state index contributed by atoms with van der Waals surface area (Å²) in [6.07, 6.45) is 2.97. The molecule has 1 saturated heterocycles. The van der Waals surface area contributed by atoms with E-state index in [1.54, 1.807) is 29.6 Å². The molecular weight excluding hydrogens is 422 g/mol. The van der Waals surface area contributed by atoms with Gasteiger partial charge in [-0.25, -0.2) is 8.42 Å². The third-order valence-corrected chi connectivity index (χ3v) is 8.86. The summed E-state index contributed by atoms with van der Waals surface area (Å²) in [7, 11) is -3.48. The van der Waals surface area contributed by atoms with Crippen molar-refractivity contribution in [2.24, 2.45) is 5.92 Å². The molecule has 0 spiro atoms. The van der Waals surface area contributed by atoms with E-state index < -0.39 is 10.0 Å². The maximum atomic E-state index is 12.8. The van der Waals surface area contributed by atoms with Crippen LogP contribution >= 0.6 is 11.3 Å². The summed E-state index contributed by atoms with van der Waals surface area (Å²) in [5.74, 6) is -0.519. The lowest BCUT2D eigenvalue weighted by atomic mass is 9.97. The first-order valence-electron chi connectivity index (χ1n) is 10.1. The highest BCUT2D eigenvalue weighted by Gasteiger charge is 2.32. The van der Waals surface area contributed by atoms with Crippen LogP contribution in [0.2, 0.25) is 0 Å². The van der Waals surface area contributed by atoms with Crippen molar-refractivity contribution in [2.75, 3.05) is 18.4 Å². The van der Waals surface area contributed by atoms with Gasteiger partial charge in [0.05, 0.1) is 0 Å². The van der Waals surface area contributed by atoms with Gasteiger partial charge in [-0.1, -0.05) is 12.1 Å². The molecule has 9 heteroatoms.